The lowest BCUT2D eigenvalue weighted by Gasteiger charge is -2.27. The lowest BCUT2D eigenvalue weighted by Crippen LogP contribution is -2.43. The predicted octanol–water partition coefficient (Wildman–Crippen LogP) is 3.04. The van der Waals surface area contributed by atoms with E-state index in [0.717, 1.165) is 10.00 Å². The van der Waals surface area contributed by atoms with E-state index in [1.54, 1.807) is 60.5 Å². The zero-order valence-corrected chi connectivity index (χ0v) is 19.1. The largest absolute Gasteiger partial charge is 0.481 e. The predicted molar refractivity (Wildman–Crippen MR) is 122 cm³/mol. The van der Waals surface area contributed by atoms with Gasteiger partial charge >= 0.3 is 0 Å². The van der Waals surface area contributed by atoms with Crippen molar-refractivity contribution >= 4 is 21.7 Å². The highest BCUT2D eigenvalue weighted by atomic mass is 32.2. The number of amides is 1. The van der Waals surface area contributed by atoms with E-state index in [1.807, 2.05) is 19.1 Å². The number of carbonyl (C=O) groups excluding carboxylic acids is 1. The minimum Gasteiger partial charge on any atom is -0.481 e. The molecule has 1 aromatic carbocycles. The number of hydrogen-bond acceptors (Lipinski definition) is 6. The van der Waals surface area contributed by atoms with Crippen LogP contribution in [0.15, 0.2) is 71.8 Å². The fourth-order valence-corrected chi connectivity index (χ4v) is 4.79. The van der Waals surface area contributed by atoms with Crippen LogP contribution in [0.1, 0.15) is 18.2 Å². The van der Waals surface area contributed by atoms with E-state index >= 15 is 0 Å². The molecule has 2 aromatic heterocycles. The number of rotatable bonds is 9. The number of nitrogens with zero attached hydrogens (tertiary/aromatic N) is 4. The van der Waals surface area contributed by atoms with Crippen molar-refractivity contribution in [3.8, 4) is 5.88 Å². The third kappa shape index (κ3) is 5.23. The number of benzene rings is 1. The van der Waals surface area contributed by atoms with Crippen LogP contribution in [0, 0.1) is 6.92 Å². The molecule has 0 saturated heterocycles. The molecule has 8 nitrogen and oxygen atoms in total. The molecule has 0 atom stereocenters. The topological polar surface area (TPSA) is 92.7 Å². The van der Waals surface area contributed by atoms with Gasteiger partial charge in [0.1, 0.15) is 12.4 Å². The van der Waals surface area contributed by atoms with E-state index in [9.17, 15) is 13.2 Å². The zero-order valence-electron chi connectivity index (χ0n) is 18.3. The third-order valence-corrected chi connectivity index (χ3v) is 6.84. The first-order valence-corrected chi connectivity index (χ1v) is 11.6. The highest BCUT2D eigenvalue weighted by molar-refractivity contribution is 7.93. The maximum atomic E-state index is 13.6. The summed E-state index contributed by atoms with van der Waals surface area (Å²) >= 11 is 0. The number of anilines is 1. The number of hydrogen-bond donors (Lipinski definition) is 0. The number of carbonyl (C=O) groups is 1. The Morgan fingerprint density at radius 3 is 2.44 bits per heavy atom. The molecule has 0 aliphatic heterocycles. The Hall–Kier alpha value is -3.46. The second-order valence-corrected chi connectivity index (χ2v) is 8.88. The summed E-state index contributed by atoms with van der Waals surface area (Å²) in [7, 11) is -2.62. The van der Waals surface area contributed by atoms with Crippen LogP contribution in [-0.2, 0) is 21.4 Å². The Kier molecular flexibility index (Phi) is 7.42. The number of aryl methyl sites for hydroxylation is 1. The van der Waals surface area contributed by atoms with Crippen molar-refractivity contribution in [3.63, 3.8) is 0 Å². The van der Waals surface area contributed by atoms with Gasteiger partial charge in [0.25, 0.3) is 10.0 Å². The standard InChI is InChI=1S/C23H26N4O4S/c1-4-26(16-19-11-7-8-15-24-19)23(28)17-27(21-13-9-14-22(25-21)31-3)32(29,30)20-12-6-5-10-18(20)2/h5-15H,4,16-17H2,1-3H3. The van der Waals surface area contributed by atoms with Gasteiger partial charge in [0, 0.05) is 18.8 Å². The molecule has 0 spiro atoms. The number of pyridine rings is 2. The first-order valence-electron chi connectivity index (χ1n) is 10.1. The number of ether oxygens (including phenoxy) is 1. The van der Waals surface area contributed by atoms with Crippen LogP contribution in [0.3, 0.4) is 0 Å². The molecule has 0 fully saturated rings. The van der Waals surface area contributed by atoms with Crippen molar-refractivity contribution in [1.82, 2.24) is 14.9 Å². The number of likely N-dealkylation sites (N-methyl/N-ethyl adjacent to an activating group) is 1. The van der Waals surface area contributed by atoms with Gasteiger partial charge in [-0.15, -0.1) is 0 Å². The summed E-state index contributed by atoms with van der Waals surface area (Å²) in [6, 6.07) is 16.9. The summed E-state index contributed by atoms with van der Waals surface area (Å²) in [5.41, 5.74) is 1.30. The Balaban J connectivity index is 1.99. The Morgan fingerprint density at radius 1 is 1.03 bits per heavy atom. The highest BCUT2D eigenvalue weighted by Crippen LogP contribution is 2.26. The minimum absolute atomic E-state index is 0.106. The molecule has 3 aromatic rings. The lowest BCUT2D eigenvalue weighted by atomic mass is 10.2. The summed E-state index contributed by atoms with van der Waals surface area (Å²) in [6.07, 6.45) is 1.66. The SMILES string of the molecule is CCN(Cc1ccccn1)C(=O)CN(c1cccc(OC)n1)S(=O)(=O)c1ccccc1C. The summed E-state index contributed by atoms with van der Waals surface area (Å²) in [6.45, 7) is 3.83. The van der Waals surface area contributed by atoms with Crippen LogP contribution in [0.4, 0.5) is 5.82 Å². The van der Waals surface area contributed by atoms with Gasteiger partial charge in [0.2, 0.25) is 11.8 Å². The molecule has 0 aliphatic rings. The molecule has 3 rings (SSSR count). The average molecular weight is 455 g/mol. The molecular formula is C23H26N4O4S. The quantitative estimate of drug-likeness (QED) is 0.493. The zero-order chi connectivity index (χ0) is 23.1. The van der Waals surface area contributed by atoms with Crippen LogP contribution in [0.25, 0.3) is 0 Å². The Morgan fingerprint density at radius 2 is 1.78 bits per heavy atom. The molecule has 0 unspecified atom stereocenters. The Bertz CT molecular complexity index is 1170. The van der Waals surface area contributed by atoms with Gasteiger partial charge < -0.3 is 9.64 Å². The average Bonchev–Trinajstić information content (AvgIpc) is 2.81. The van der Waals surface area contributed by atoms with Gasteiger partial charge in [-0.3, -0.25) is 9.78 Å². The van der Waals surface area contributed by atoms with Gasteiger partial charge in [-0.1, -0.05) is 30.3 Å². The van der Waals surface area contributed by atoms with E-state index in [4.69, 9.17) is 4.74 Å². The summed E-state index contributed by atoms with van der Waals surface area (Å²) < 4.78 is 33.4. The summed E-state index contributed by atoms with van der Waals surface area (Å²) in [5.74, 6) is -0.00413. The molecular weight excluding hydrogens is 428 g/mol. The maximum Gasteiger partial charge on any atom is 0.266 e. The molecule has 2 heterocycles. The van der Waals surface area contributed by atoms with Crippen LogP contribution < -0.4 is 9.04 Å². The van der Waals surface area contributed by atoms with Crippen molar-refractivity contribution in [3.05, 3.63) is 78.1 Å². The number of sulfonamides is 1. The molecule has 1 amide bonds. The molecule has 168 valence electrons. The van der Waals surface area contributed by atoms with Crippen molar-refractivity contribution in [2.45, 2.75) is 25.3 Å². The van der Waals surface area contributed by atoms with Gasteiger partial charge in [-0.2, -0.15) is 4.98 Å². The second kappa shape index (κ2) is 10.2. The van der Waals surface area contributed by atoms with Gasteiger partial charge in [-0.25, -0.2) is 12.7 Å². The molecule has 0 saturated carbocycles. The lowest BCUT2D eigenvalue weighted by molar-refractivity contribution is -0.130. The van der Waals surface area contributed by atoms with E-state index in [-0.39, 0.29) is 29.0 Å². The van der Waals surface area contributed by atoms with Gasteiger partial charge in [-0.05, 0) is 43.7 Å². The first kappa shape index (κ1) is 23.2. The monoisotopic (exact) mass is 454 g/mol. The summed E-state index contributed by atoms with van der Waals surface area (Å²) in [4.78, 5) is 23.4. The van der Waals surface area contributed by atoms with Crippen molar-refractivity contribution in [2.75, 3.05) is 24.5 Å². The van der Waals surface area contributed by atoms with Gasteiger partial charge in [0.15, 0.2) is 0 Å². The van der Waals surface area contributed by atoms with E-state index in [1.165, 1.54) is 13.2 Å². The fourth-order valence-electron chi connectivity index (χ4n) is 3.20. The Labute approximate surface area is 188 Å². The minimum atomic E-state index is -4.07. The smallest absolute Gasteiger partial charge is 0.266 e. The second-order valence-electron chi connectivity index (χ2n) is 7.04. The molecule has 0 N–H and O–H groups in total. The molecule has 32 heavy (non-hydrogen) atoms. The van der Waals surface area contributed by atoms with E-state index in [2.05, 4.69) is 9.97 Å². The van der Waals surface area contributed by atoms with Gasteiger partial charge in [0.05, 0.1) is 24.2 Å². The molecule has 0 bridgehead atoms. The third-order valence-electron chi connectivity index (χ3n) is 4.93. The van der Waals surface area contributed by atoms with Crippen molar-refractivity contribution in [1.29, 1.82) is 0 Å². The number of aromatic nitrogens is 2. The molecule has 0 radical (unpaired) electrons. The summed E-state index contributed by atoms with van der Waals surface area (Å²) in [5, 5.41) is 0. The van der Waals surface area contributed by atoms with Crippen LogP contribution in [0.5, 0.6) is 5.88 Å². The molecule has 0 aliphatic carbocycles. The maximum absolute atomic E-state index is 13.6. The normalized spacial score (nSPS) is 11.1. The van der Waals surface area contributed by atoms with Crippen molar-refractivity contribution in [2.24, 2.45) is 0 Å². The van der Waals surface area contributed by atoms with E-state index in [0.29, 0.717) is 12.1 Å². The molecule has 9 heteroatoms. The first-order chi connectivity index (χ1) is 15.4. The van der Waals surface area contributed by atoms with Crippen molar-refractivity contribution < 1.29 is 17.9 Å². The van der Waals surface area contributed by atoms with Crippen LogP contribution in [-0.4, -0.2) is 49.4 Å². The van der Waals surface area contributed by atoms with Crippen LogP contribution in [0.2, 0.25) is 0 Å². The number of methoxy groups -OCH3 is 1. The highest BCUT2D eigenvalue weighted by Gasteiger charge is 2.31. The fraction of sp³-hybridized carbons (Fsp3) is 0.261. The van der Waals surface area contributed by atoms with E-state index < -0.39 is 16.6 Å². The van der Waals surface area contributed by atoms with Crippen LogP contribution >= 0.6 is 0 Å².